The molecule has 6 rings (SSSR count). The van der Waals surface area contributed by atoms with Crippen molar-refractivity contribution in [3.8, 4) is 0 Å². The molecule has 16 heteroatoms. The van der Waals surface area contributed by atoms with Crippen LogP contribution in [0.1, 0.15) is 48.8 Å². The Kier molecular flexibility index (Phi) is 14.5. The Hall–Kier alpha value is -5.45. The van der Waals surface area contributed by atoms with E-state index in [0.717, 1.165) is 16.7 Å². The summed E-state index contributed by atoms with van der Waals surface area (Å²) in [5.41, 5.74) is 15.0. The molecular weight excluding hydrogens is 732 g/mol. The van der Waals surface area contributed by atoms with Crippen LogP contribution < -0.4 is 27.0 Å². The molecule has 3 atom stereocenters. The van der Waals surface area contributed by atoms with Gasteiger partial charge in [0.05, 0.1) is 25.1 Å². The lowest BCUT2D eigenvalue weighted by Gasteiger charge is -2.39. The van der Waals surface area contributed by atoms with Crippen LogP contribution in [0.5, 0.6) is 0 Å². The summed E-state index contributed by atoms with van der Waals surface area (Å²) in [5.74, 6) is 0.0800. The molecule has 2 aromatic carbocycles. The zero-order chi connectivity index (χ0) is 40.1. The second kappa shape index (κ2) is 20.1. The highest BCUT2D eigenvalue weighted by Gasteiger charge is 2.40. The van der Waals surface area contributed by atoms with Crippen molar-refractivity contribution in [1.29, 1.82) is 0 Å². The molecule has 16 nitrogen and oxygen atoms in total. The van der Waals surface area contributed by atoms with Crippen molar-refractivity contribution >= 4 is 35.6 Å². The number of benzene rings is 2. The number of rotatable bonds is 12. The molecule has 3 fully saturated rings. The summed E-state index contributed by atoms with van der Waals surface area (Å²) in [6.45, 7) is 2.81. The number of nitrogens with one attached hydrogen (secondary N) is 2. The lowest BCUT2D eigenvalue weighted by Crippen LogP contribution is -2.53. The lowest BCUT2D eigenvalue weighted by atomic mass is 9.95. The van der Waals surface area contributed by atoms with Gasteiger partial charge in [-0.1, -0.05) is 54.6 Å². The molecule has 0 saturated carbocycles. The predicted octanol–water partition coefficient (Wildman–Crippen LogP) is 3.78. The monoisotopic (exact) mass is 786 g/mol. The van der Waals surface area contributed by atoms with E-state index in [1.807, 2.05) is 54.6 Å². The molecule has 57 heavy (non-hydrogen) atoms. The van der Waals surface area contributed by atoms with Crippen molar-refractivity contribution in [3.63, 3.8) is 0 Å². The first kappa shape index (κ1) is 41.2. The highest BCUT2D eigenvalue weighted by atomic mass is 16.6. The number of carbonyl (C=O) groups excluding carboxylic acids is 4. The minimum atomic E-state index is -0.705. The van der Waals surface area contributed by atoms with Crippen LogP contribution in [0.2, 0.25) is 0 Å². The normalized spacial score (nSPS) is 20.4. The first-order chi connectivity index (χ1) is 27.7. The van der Waals surface area contributed by atoms with E-state index in [2.05, 4.69) is 15.6 Å². The first-order valence-electron chi connectivity index (χ1n) is 19.6. The highest BCUT2D eigenvalue weighted by molar-refractivity contribution is 5.94. The molecule has 3 aliphatic heterocycles. The summed E-state index contributed by atoms with van der Waals surface area (Å²) in [7, 11) is 1.71. The van der Waals surface area contributed by atoms with E-state index in [1.165, 1.54) is 0 Å². The van der Waals surface area contributed by atoms with Gasteiger partial charge in [0.1, 0.15) is 30.7 Å². The van der Waals surface area contributed by atoms with Gasteiger partial charge in [0.15, 0.2) is 0 Å². The van der Waals surface area contributed by atoms with Gasteiger partial charge in [-0.2, -0.15) is 0 Å². The fourth-order valence-corrected chi connectivity index (χ4v) is 7.33. The molecular formula is C41H54N8O8. The number of piperidine rings is 2. The van der Waals surface area contributed by atoms with Gasteiger partial charge in [0.25, 0.3) is 0 Å². The minimum absolute atomic E-state index is 0.0454. The second-order valence-corrected chi connectivity index (χ2v) is 14.7. The van der Waals surface area contributed by atoms with Crippen molar-refractivity contribution in [3.05, 3.63) is 89.6 Å². The second-order valence-electron chi connectivity index (χ2n) is 14.7. The summed E-state index contributed by atoms with van der Waals surface area (Å²) in [5, 5.41) is 5.89. The summed E-state index contributed by atoms with van der Waals surface area (Å²) in [6.07, 6.45) is 1.09. The SMILES string of the molecule is CN(C(=O)C1CCN(C(=O)O[C@@H]2CCO[C@H](COC(=O)N3CCC(NC(=O)NCc4cccc(CN)c4)CC3)[C@H]2OCc2ccccc2)CC1)c1ccc(N)nc1. The Morgan fingerprint density at radius 2 is 1.58 bits per heavy atom. The Morgan fingerprint density at radius 1 is 0.877 bits per heavy atom. The Bertz CT molecular complexity index is 1780. The number of ether oxygens (including phenoxy) is 4. The van der Waals surface area contributed by atoms with Crippen molar-refractivity contribution in [2.75, 3.05) is 57.1 Å². The average molecular weight is 787 g/mol. The molecule has 3 saturated heterocycles. The molecule has 0 bridgehead atoms. The molecule has 3 aromatic rings. The van der Waals surface area contributed by atoms with E-state index in [1.54, 1.807) is 40.1 Å². The number of hydrogen-bond donors (Lipinski definition) is 4. The average Bonchev–Trinajstić information content (AvgIpc) is 3.25. The zero-order valence-corrected chi connectivity index (χ0v) is 32.4. The van der Waals surface area contributed by atoms with Gasteiger partial charge in [0.2, 0.25) is 5.91 Å². The van der Waals surface area contributed by atoms with Gasteiger partial charge in [-0.05, 0) is 54.5 Å². The van der Waals surface area contributed by atoms with Crippen molar-refractivity contribution in [2.24, 2.45) is 11.7 Å². The standard InChI is InChI=1S/C41H54N8O8/c1-47(33-10-11-36(43)44-25-33)38(50)31-12-17-49(18-13-31)41(53)57-34-16-21-54-35(37(34)55-26-28-6-3-2-4-7-28)27-56-40(52)48-19-14-32(15-20-48)46-39(51)45-24-30-9-5-8-29(22-30)23-42/h2-11,22,25,31-32,34-35,37H,12-21,23-24,26-27,42H2,1H3,(H2,43,44)(H2,45,46,51)/t34-,35-,37+/m1/s1. The van der Waals surface area contributed by atoms with Gasteiger partial charge < -0.3 is 55.7 Å². The topological polar surface area (TPSA) is 204 Å². The van der Waals surface area contributed by atoms with Gasteiger partial charge in [-0.15, -0.1) is 0 Å². The molecule has 0 unspecified atom stereocenters. The largest absolute Gasteiger partial charge is 0.447 e. The minimum Gasteiger partial charge on any atom is -0.447 e. The quantitative estimate of drug-likeness (QED) is 0.208. The number of hydrogen-bond acceptors (Lipinski definition) is 11. The van der Waals surface area contributed by atoms with Crippen molar-refractivity contribution in [2.45, 2.75) is 76.2 Å². The Balaban J connectivity index is 0.974. The van der Waals surface area contributed by atoms with E-state index in [-0.39, 0.29) is 43.7 Å². The number of nitrogen functional groups attached to an aromatic ring is 1. The molecule has 1 aromatic heterocycles. The smallest absolute Gasteiger partial charge is 0.410 e. The molecule has 3 aliphatic rings. The van der Waals surface area contributed by atoms with Crippen LogP contribution in [0.4, 0.5) is 25.9 Å². The van der Waals surface area contributed by atoms with Crippen molar-refractivity contribution in [1.82, 2.24) is 25.4 Å². The number of nitrogens with zero attached hydrogens (tertiary/aromatic N) is 4. The highest BCUT2D eigenvalue weighted by Crippen LogP contribution is 2.27. The number of aromatic nitrogens is 1. The molecule has 306 valence electrons. The van der Waals surface area contributed by atoms with E-state index in [0.29, 0.717) is 82.9 Å². The number of anilines is 2. The fraction of sp³-hybridized carbons (Fsp3) is 0.488. The molecule has 5 amide bonds. The van der Waals surface area contributed by atoms with Crippen molar-refractivity contribution < 1.29 is 38.1 Å². The van der Waals surface area contributed by atoms with E-state index < -0.39 is 30.5 Å². The predicted molar refractivity (Wildman–Crippen MR) is 212 cm³/mol. The van der Waals surface area contributed by atoms with Gasteiger partial charge in [-0.3, -0.25) is 4.79 Å². The maximum atomic E-state index is 13.5. The molecule has 6 N–H and O–H groups in total. The number of amides is 5. The van der Waals surface area contributed by atoms with Crippen LogP contribution in [0.3, 0.4) is 0 Å². The van der Waals surface area contributed by atoms with Crippen LogP contribution >= 0.6 is 0 Å². The summed E-state index contributed by atoms with van der Waals surface area (Å²) >= 11 is 0. The molecule has 0 radical (unpaired) electrons. The Labute approximate surface area is 333 Å². The van der Waals surface area contributed by atoms with Crippen LogP contribution in [0.25, 0.3) is 0 Å². The van der Waals surface area contributed by atoms with Gasteiger partial charge in [0, 0.05) is 64.7 Å². The number of likely N-dealkylation sites (tertiary alicyclic amines) is 2. The maximum absolute atomic E-state index is 13.5. The van der Waals surface area contributed by atoms with E-state index in [9.17, 15) is 19.2 Å². The molecule has 0 spiro atoms. The summed E-state index contributed by atoms with van der Waals surface area (Å²) in [6, 6.07) is 20.4. The number of urea groups is 1. The number of carbonyl (C=O) groups is 4. The van der Waals surface area contributed by atoms with E-state index in [4.69, 9.17) is 30.4 Å². The third kappa shape index (κ3) is 11.6. The van der Waals surface area contributed by atoms with Crippen LogP contribution in [0.15, 0.2) is 72.9 Å². The fourth-order valence-electron chi connectivity index (χ4n) is 7.33. The number of pyridine rings is 1. The lowest BCUT2D eigenvalue weighted by molar-refractivity contribution is -0.178. The van der Waals surface area contributed by atoms with Crippen LogP contribution in [0, 0.1) is 5.92 Å². The van der Waals surface area contributed by atoms with Crippen LogP contribution in [-0.4, -0.2) is 110 Å². The maximum Gasteiger partial charge on any atom is 0.410 e. The number of nitrogens with two attached hydrogens (primary N) is 2. The van der Waals surface area contributed by atoms with Crippen LogP contribution in [-0.2, 0) is 43.4 Å². The van der Waals surface area contributed by atoms with E-state index >= 15 is 0 Å². The zero-order valence-electron chi connectivity index (χ0n) is 32.4. The molecule has 0 aliphatic carbocycles. The first-order valence-corrected chi connectivity index (χ1v) is 19.6. The molecule has 4 heterocycles. The third-order valence-corrected chi connectivity index (χ3v) is 10.7. The summed E-state index contributed by atoms with van der Waals surface area (Å²) < 4.78 is 24.3. The third-order valence-electron chi connectivity index (χ3n) is 10.7. The van der Waals surface area contributed by atoms with Gasteiger partial charge >= 0.3 is 18.2 Å². The Morgan fingerprint density at radius 3 is 2.30 bits per heavy atom. The summed E-state index contributed by atoms with van der Waals surface area (Å²) in [4.78, 5) is 61.4. The van der Waals surface area contributed by atoms with Gasteiger partial charge in [-0.25, -0.2) is 19.4 Å².